The van der Waals surface area contributed by atoms with E-state index in [1.54, 1.807) is 113 Å². The molecule has 0 unspecified atom stereocenters. The lowest BCUT2D eigenvalue weighted by Crippen LogP contribution is -3.00. The lowest BCUT2D eigenvalue weighted by Gasteiger charge is -2.18. The Morgan fingerprint density at radius 2 is 0.601 bits per heavy atom. The fourth-order valence-corrected chi connectivity index (χ4v) is 17.9. The lowest BCUT2D eigenvalue weighted by atomic mass is 9.91. The number of ether oxygens (including phenoxy) is 10. The van der Waals surface area contributed by atoms with Crippen molar-refractivity contribution in [1.29, 1.82) is 0 Å². The summed E-state index contributed by atoms with van der Waals surface area (Å²) in [5, 5.41) is 8.96. The van der Waals surface area contributed by atoms with Crippen LogP contribution in [0.4, 0.5) is 17.6 Å². The minimum absolute atomic E-state index is 0. The molecular formula is C123H104F4I2N4O10. The SMILES string of the molecule is COc1cc(-c2cc3cc(C)c(C)c(OC)c3c(C)[n+]2C)cc(-c2cc(-c3ccc(F)cc3)cc(-c3ccc(F)cc3)c2)c1OC.COc1cc(-c2cc3ccccc3c[n+]2C)cc(-c2cccc(-c3ccc(F)cc3)c2)c1OC.COc1cc(-c2cc3ccccc3cn2)cc(-c2cccc(-c3ccc(F)cc3)c2)c1OC.COc1cc(-c2cc3ccccc3cn2)cc(OCc2ccccc2)c1OC.[I-].[I-]. The molecule has 0 aliphatic carbocycles. The molecule has 718 valence electrons. The molecule has 16 aromatic carbocycles. The minimum atomic E-state index is -0.306. The van der Waals surface area contributed by atoms with Gasteiger partial charge in [0, 0.05) is 75.4 Å². The molecular weight excluding hydrogens is 2020 g/mol. The van der Waals surface area contributed by atoms with Crippen LogP contribution in [0.15, 0.2) is 364 Å². The topological polar surface area (TPSA) is 126 Å². The van der Waals surface area contributed by atoms with Gasteiger partial charge in [-0.1, -0.05) is 188 Å². The Morgan fingerprint density at radius 1 is 0.259 bits per heavy atom. The van der Waals surface area contributed by atoms with Crippen molar-refractivity contribution in [2.45, 2.75) is 27.4 Å². The van der Waals surface area contributed by atoms with Crippen molar-refractivity contribution >= 4 is 43.1 Å². The molecule has 4 heterocycles. The molecule has 0 N–H and O–H groups in total. The summed E-state index contributed by atoms with van der Waals surface area (Å²) in [6.07, 6.45) is 5.90. The molecule has 20 aromatic rings. The molecule has 0 bridgehead atoms. The second kappa shape index (κ2) is 46.2. The predicted octanol–water partition coefficient (Wildman–Crippen LogP) is 23.3. The molecule has 14 nitrogen and oxygen atoms in total. The summed E-state index contributed by atoms with van der Waals surface area (Å²) in [5.41, 5.74) is 24.8. The number of aryl methyl sites for hydroxylation is 3. The zero-order chi connectivity index (χ0) is 98.5. The molecule has 0 aliphatic rings. The van der Waals surface area contributed by atoms with Crippen LogP contribution < -0.4 is 104 Å². The van der Waals surface area contributed by atoms with Crippen LogP contribution in [0.1, 0.15) is 22.4 Å². The Kier molecular flexibility index (Phi) is 32.8. The van der Waals surface area contributed by atoms with Crippen molar-refractivity contribution in [3.63, 3.8) is 0 Å². The number of pyridine rings is 4. The number of halogens is 6. The van der Waals surface area contributed by atoms with Crippen LogP contribution in [0.3, 0.4) is 0 Å². The second-order valence-corrected chi connectivity index (χ2v) is 34.0. The summed E-state index contributed by atoms with van der Waals surface area (Å²) in [4.78, 5) is 9.30. The number of aromatic nitrogens is 4. The van der Waals surface area contributed by atoms with Crippen LogP contribution >= 0.6 is 0 Å². The Bertz CT molecular complexity index is 7940. The molecule has 0 radical (unpaired) electrons. The highest BCUT2D eigenvalue weighted by Crippen LogP contribution is 2.49. The molecule has 0 saturated heterocycles. The summed E-state index contributed by atoms with van der Waals surface area (Å²) in [5.74, 6) is 5.36. The van der Waals surface area contributed by atoms with Crippen molar-refractivity contribution in [2.75, 3.05) is 64.0 Å². The third-order valence-electron chi connectivity index (χ3n) is 25.4. The Balaban J connectivity index is 0.000000145. The maximum Gasteiger partial charge on any atom is 0.213 e. The van der Waals surface area contributed by atoms with E-state index < -0.39 is 0 Å². The van der Waals surface area contributed by atoms with Gasteiger partial charge in [0.1, 0.15) is 49.7 Å². The molecule has 0 fully saturated rings. The van der Waals surface area contributed by atoms with E-state index in [2.05, 4.69) is 162 Å². The van der Waals surface area contributed by atoms with Crippen LogP contribution in [0.25, 0.3) is 166 Å². The van der Waals surface area contributed by atoms with Gasteiger partial charge in [-0.25, -0.2) is 22.1 Å². The highest BCUT2D eigenvalue weighted by molar-refractivity contribution is 5.96. The van der Waals surface area contributed by atoms with Gasteiger partial charge >= 0.3 is 0 Å². The van der Waals surface area contributed by atoms with Gasteiger partial charge < -0.3 is 95.3 Å². The summed E-state index contributed by atoms with van der Waals surface area (Å²) in [7, 11) is 18.9. The predicted molar refractivity (Wildman–Crippen MR) is 557 cm³/mol. The van der Waals surface area contributed by atoms with Crippen LogP contribution in [0.2, 0.25) is 0 Å². The Hall–Kier alpha value is -15.7. The van der Waals surface area contributed by atoms with Gasteiger partial charge in [-0.15, -0.1) is 0 Å². The summed E-state index contributed by atoms with van der Waals surface area (Å²) >= 11 is 0. The molecule has 0 amide bonds. The van der Waals surface area contributed by atoms with Gasteiger partial charge in [-0.2, -0.15) is 4.57 Å². The summed E-state index contributed by atoms with van der Waals surface area (Å²) in [6.45, 7) is 6.73. The number of hydrogen-bond acceptors (Lipinski definition) is 12. The first kappa shape index (κ1) is 102. The molecule has 4 aromatic heterocycles. The monoisotopic (exact) mass is 2130 g/mol. The van der Waals surface area contributed by atoms with E-state index in [9.17, 15) is 17.6 Å². The van der Waals surface area contributed by atoms with Gasteiger partial charge in [0.2, 0.25) is 17.1 Å². The fourth-order valence-electron chi connectivity index (χ4n) is 17.9. The van der Waals surface area contributed by atoms with Crippen LogP contribution in [-0.2, 0) is 20.7 Å². The number of fused-ring (bicyclic) bond motifs is 4. The molecule has 0 saturated carbocycles. The smallest absolute Gasteiger partial charge is 0.213 e. The molecule has 0 aliphatic heterocycles. The average Bonchev–Trinajstić information content (AvgIpc) is 0.748. The van der Waals surface area contributed by atoms with Crippen LogP contribution in [0, 0.1) is 44.0 Å². The first-order valence-corrected chi connectivity index (χ1v) is 45.8. The van der Waals surface area contributed by atoms with Crippen LogP contribution in [-0.4, -0.2) is 74.0 Å². The summed E-state index contributed by atoms with van der Waals surface area (Å²) in [6, 6.07) is 110. The van der Waals surface area contributed by atoms with E-state index in [-0.39, 0.29) is 71.2 Å². The number of methoxy groups -OCH3 is 9. The lowest BCUT2D eigenvalue weighted by molar-refractivity contribution is -0.665. The highest BCUT2D eigenvalue weighted by Gasteiger charge is 2.28. The number of nitrogens with zero attached hydrogens (tertiary/aromatic N) is 4. The minimum Gasteiger partial charge on any atom is -1.00 e. The van der Waals surface area contributed by atoms with E-state index in [4.69, 9.17) is 47.4 Å². The van der Waals surface area contributed by atoms with Crippen molar-refractivity contribution in [2.24, 2.45) is 14.1 Å². The third-order valence-corrected chi connectivity index (χ3v) is 25.4. The second-order valence-electron chi connectivity index (χ2n) is 34.0. The van der Waals surface area contributed by atoms with E-state index >= 15 is 0 Å². The largest absolute Gasteiger partial charge is 1.00 e. The van der Waals surface area contributed by atoms with E-state index in [1.165, 1.54) is 59.3 Å². The average molecular weight is 2130 g/mol. The normalized spacial score (nSPS) is 10.8. The number of rotatable bonds is 23. The van der Waals surface area contributed by atoms with Crippen molar-refractivity contribution in [3.8, 4) is 180 Å². The molecule has 20 heteroatoms. The molecule has 143 heavy (non-hydrogen) atoms. The summed E-state index contributed by atoms with van der Waals surface area (Å²) < 4.78 is 117. The quantitative estimate of drug-likeness (QED) is 0.0344. The standard InChI is InChI=1S/C40H36F2NO3.C30H25FNO2.C29H22FNO2.C24H21NO3.2HI/c1-23-16-32-21-36(43(4)25(3)38(32)39(45-6)24(23)2)31-20-35(40(46-7)37(22-31)44-5)30-18-28(26-8-12-33(41)13-9-26)17-29(19-30)27-10-14-34(42)15-11-27;1-32-19-24-8-5-4-7-22(24)17-28(32)25-16-27(30(34-3)29(18-25)33-2)23-10-6-9-21(15-23)20-11-13-26(31)14-12-20;1-32-28-17-24(27-16-21-6-3-4-7-23(21)18-31-27)15-26(29(28)33-2)22-9-5-8-20(14-22)19-10-12-25(30)13-11-19;1-26-22-13-20(21-12-18-10-6-7-11-19(18)15-25-21)14-23(24(22)27-2)28-16-17-8-4-3-5-9-17;;/h8-22H,1-7H3;4-19H,1-3H3;3-18H,1-2H3;3-15H,16H2,1-2H3;2*1H/q2*+1;;;;/p-2. The van der Waals surface area contributed by atoms with E-state index in [0.29, 0.717) is 58.4 Å². The highest BCUT2D eigenvalue weighted by atomic mass is 127. The van der Waals surface area contributed by atoms with Gasteiger partial charge in [-0.05, 0) is 259 Å². The zero-order valence-electron chi connectivity index (χ0n) is 81.5. The van der Waals surface area contributed by atoms with Gasteiger partial charge in [-0.3, -0.25) is 9.97 Å². The number of benzene rings is 16. The van der Waals surface area contributed by atoms with E-state index in [1.807, 2.05) is 159 Å². The van der Waals surface area contributed by atoms with Crippen molar-refractivity contribution in [3.05, 3.63) is 410 Å². The third kappa shape index (κ3) is 22.5. The fraction of sp³-hybridized carbons (Fsp3) is 0.122. The number of hydrogen-bond donors (Lipinski definition) is 0. The van der Waals surface area contributed by atoms with Crippen LogP contribution in [0.5, 0.6) is 57.5 Å². The first-order valence-electron chi connectivity index (χ1n) is 45.8. The van der Waals surface area contributed by atoms with Gasteiger partial charge in [0.05, 0.1) is 91.9 Å². The maximum atomic E-state index is 13.9. The van der Waals surface area contributed by atoms with Gasteiger partial charge in [0.25, 0.3) is 0 Å². The molecule has 0 atom stereocenters. The van der Waals surface area contributed by atoms with Crippen molar-refractivity contribution < 1.29 is 122 Å². The molecule has 20 rings (SSSR count). The Labute approximate surface area is 864 Å². The first-order chi connectivity index (χ1) is 68.6. The van der Waals surface area contributed by atoms with Crippen molar-refractivity contribution in [1.82, 2.24) is 9.97 Å². The zero-order valence-corrected chi connectivity index (χ0v) is 85.8. The van der Waals surface area contributed by atoms with Gasteiger partial charge in [0.15, 0.2) is 57.9 Å². The molecule has 0 spiro atoms. The Morgan fingerprint density at radius 3 is 1.04 bits per heavy atom. The van der Waals surface area contributed by atoms with E-state index in [0.717, 1.165) is 183 Å². The maximum absolute atomic E-state index is 13.9.